The van der Waals surface area contributed by atoms with E-state index in [4.69, 9.17) is 16.3 Å². The van der Waals surface area contributed by atoms with Gasteiger partial charge in [0.2, 0.25) is 0 Å². The van der Waals surface area contributed by atoms with Crippen molar-refractivity contribution in [3.05, 3.63) is 62.6 Å². The molecule has 0 spiro atoms. The zero-order valence-electron chi connectivity index (χ0n) is 12.9. The van der Waals surface area contributed by atoms with Crippen LogP contribution in [0.3, 0.4) is 0 Å². The van der Waals surface area contributed by atoms with Crippen molar-refractivity contribution in [2.75, 3.05) is 14.1 Å². The number of para-hydroxylation sites is 1. The van der Waals surface area contributed by atoms with Crippen LogP contribution >= 0.6 is 27.5 Å². The predicted octanol–water partition coefficient (Wildman–Crippen LogP) is 5.02. The van der Waals surface area contributed by atoms with Gasteiger partial charge in [0.15, 0.2) is 0 Å². The van der Waals surface area contributed by atoms with Crippen LogP contribution in [0.1, 0.15) is 22.8 Å². The molecule has 0 aromatic heterocycles. The second-order valence-corrected chi connectivity index (χ2v) is 7.29. The lowest BCUT2D eigenvalue weighted by molar-refractivity contribution is 0.110. The third-order valence-corrected chi connectivity index (χ3v) is 5.20. The minimum Gasteiger partial charge on any atom is -0.484 e. The van der Waals surface area contributed by atoms with E-state index >= 15 is 0 Å². The molecular weight excluding hydrogens is 362 g/mol. The molecule has 2 atom stereocenters. The number of hydrogen-bond donors (Lipinski definition) is 0. The molecule has 0 N–H and O–H groups in total. The predicted molar refractivity (Wildman–Crippen MR) is 94.9 cm³/mol. The molecule has 1 aliphatic carbocycles. The van der Waals surface area contributed by atoms with E-state index in [1.807, 2.05) is 30.3 Å². The third kappa shape index (κ3) is 2.90. The SMILES string of the molecule is Cc1ccccc1O[C@H]1c2cc(Cl)cc(Br)c2C[C@@H]1N(C)C. The Morgan fingerprint density at radius 2 is 1.95 bits per heavy atom. The summed E-state index contributed by atoms with van der Waals surface area (Å²) in [4.78, 5) is 2.23. The van der Waals surface area contributed by atoms with E-state index in [2.05, 4.69) is 47.9 Å². The molecule has 2 aromatic rings. The van der Waals surface area contributed by atoms with E-state index in [9.17, 15) is 0 Å². The van der Waals surface area contributed by atoms with Crippen LogP contribution in [0.5, 0.6) is 5.75 Å². The average molecular weight is 381 g/mol. The Bertz CT molecular complexity index is 701. The summed E-state index contributed by atoms with van der Waals surface area (Å²) in [6, 6.07) is 12.4. The molecule has 116 valence electrons. The van der Waals surface area contributed by atoms with Gasteiger partial charge >= 0.3 is 0 Å². The lowest BCUT2D eigenvalue weighted by Crippen LogP contribution is -2.34. The van der Waals surface area contributed by atoms with Crippen LogP contribution in [0.4, 0.5) is 0 Å². The molecule has 2 aromatic carbocycles. The van der Waals surface area contributed by atoms with Gasteiger partial charge in [-0.25, -0.2) is 0 Å². The Labute approximate surface area is 145 Å². The number of ether oxygens (including phenoxy) is 1. The Morgan fingerprint density at radius 1 is 1.23 bits per heavy atom. The number of fused-ring (bicyclic) bond motifs is 1. The molecule has 0 bridgehead atoms. The molecule has 4 heteroatoms. The van der Waals surface area contributed by atoms with Crippen molar-refractivity contribution in [1.82, 2.24) is 4.90 Å². The summed E-state index contributed by atoms with van der Waals surface area (Å²) >= 11 is 9.90. The van der Waals surface area contributed by atoms with Crippen LogP contribution in [0.15, 0.2) is 40.9 Å². The van der Waals surface area contributed by atoms with Crippen LogP contribution in [-0.2, 0) is 6.42 Å². The van der Waals surface area contributed by atoms with Crippen molar-refractivity contribution in [2.45, 2.75) is 25.5 Å². The summed E-state index contributed by atoms with van der Waals surface area (Å²) in [7, 11) is 4.19. The number of nitrogens with zero attached hydrogens (tertiary/aromatic N) is 1. The van der Waals surface area contributed by atoms with E-state index in [0.717, 1.165) is 27.2 Å². The van der Waals surface area contributed by atoms with Gasteiger partial charge in [-0.3, -0.25) is 0 Å². The number of halogens is 2. The zero-order valence-corrected chi connectivity index (χ0v) is 15.3. The molecule has 2 nitrogen and oxygen atoms in total. The maximum atomic E-state index is 6.40. The van der Waals surface area contributed by atoms with E-state index in [1.54, 1.807) is 0 Å². The summed E-state index contributed by atoms with van der Waals surface area (Å²) in [6.45, 7) is 2.07. The zero-order chi connectivity index (χ0) is 15.9. The number of rotatable bonds is 3. The Balaban J connectivity index is 2.03. The van der Waals surface area contributed by atoms with Gasteiger partial charge in [0.25, 0.3) is 0 Å². The van der Waals surface area contributed by atoms with Gasteiger partial charge in [-0.05, 0) is 62.3 Å². The summed E-state index contributed by atoms with van der Waals surface area (Å²) < 4.78 is 7.46. The molecule has 0 saturated carbocycles. The fourth-order valence-electron chi connectivity index (χ4n) is 3.04. The Morgan fingerprint density at radius 3 is 2.64 bits per heavy atom. The first kappa shape index (κ1) is 15.9. The monoisotopic (exact) mass is 379 g/mol. The number of aryl methyl sites for hydroxylation is 1. The molecule has 0 saturated heterocycles. The lowest BCUT2D eigenvalue weighted by Gasteiger charge is -2.28. The van der Waals surface area contributed by atoms with Gasteiger partial charge in [-0.15, -0.1) is 0 Å². The van der Waals surface area contributed by atoms with Crippen LogP contribution < -0.4 is 4.74 Å². The third-order valence-electron chi connectivity index (χ3n) is 4.27. The summed E-state index contributed by atoms with van der Waals surface area (Å²) in [5.74, 6) is 0.934. The van der Waals surface area contributed by atoms with Crippen LogP contribution in [0.2, 0.25) is 5.02 Å². The maximum absolute atomic E-state index is 6.40. The topological polar surface area (TPSA) is 12.5 Å². The maximum Gasteiger partial charge on any atom is 0.140 e. The largest absolute Gasteiger partial charge is 0.484 e. The van der Waals surface area contributed by atoms with Crippen molar-refractivity contribution in [1.29, 1.82) is 0 Å². The van der Waals surface area contributed by atoms with Crippen molar-refractivity contribution in [2.24, 2.45) is 0 Å². The first-order valence-electron chi connectivity index (χ1n) is 7.34. The summed E-state index contributed by atoms with van der Waals surface area (Å²) in [5.41, 5.74) is 3.62. The highest BCUT2D eigenvalue weighted by atomic mass is 79.9. The molecule has 0 aliphatic heterocycles. The first-order chi connectivity index (χ1) is 10.5. The molecule has 0 fully saturated rings. The van der Waals surface area contributed by atoms with Crippen molar-refractivity contribution in [3.8, 4) is 5.75 Å². The number of benzene rings is 2. The fraction of sp³-hybridized carbons (Fsp3) is 0.333. The van der Waals surface area contributed by atoms with Gasteiger partial charge in [0.05, 0.1) is 6.04 Å². The fourth-order valence-corrected chi connectivity index (χ4v) is 4.03. The van der Waals surface area contributed by atoms with Crippen LogP contribution in [0, 0.1) is 6.92 Å². The number of hydrogen-bond acceptors (Lipinski definition) is 2. The van der Waals surface area contributed by atoms with Crippen molar-refractivity contribution >= 4 is 27.5 Å². The molecule has 0 amide bonds. The quantitative estimate of drug-likeness (QED) is 0.741. The smallest absolute Gasteiger partial charge is 0.140 e. The minimum atomic E-state index is -0.0129. The van der Waals surface area contributed by atoms with Gasteiger partial charge in [-0.2, -0.15) is 0 Å². The van der Waals surface area contributed by atoms with E-state index in [0.29, 0.717) is 6.04 Å². The Hall–Kier alpha value is -1.03. The minimum absolute atomic E-state index is 0.0129. The molecule has 3 rings (SSSR count). The Kier molecular flexibility index (Phi) is 4.49. The number of likely N-dealkylation sites (N-methyl/N-ethyl adjacent to an activating group) is 1. The van der Waals surface area contributed by atoms with Crippen molar-refractivity contribution < 1.29 is 4.74 Å². The highest BCUT2D eigenvalue weighted by Gasteiger charge is 2.37. The molecule has 1 aliphatic rings. The van der Waals surface area contributed by atoms with Gasteiger partial charge in [0, 0.05) is 9.50 Å². The second kappa shape index (κ2) is 6.23. The second-order valence-electron chi connectivity index (χ2n) is 5.99. The molecule has 22 heavy (non-hydrogen) atoms. The summed E-state index contributed by atoms with van der Waals surface area (Å²) in [5, 5.41) is 0.739. The summed E-state index contributed by atoms with van der Waals surface area (Å²) in [6.07, 6.45) is 0.942. The molecular formula is C18H19BrClNO. The molecule has 0 unspecified atom stereocenters. The first-order valence-corrected chi connectivity index (χ1v) is 8.51. The van der Waals surface area contributed by atoms with E-state index < -0.39 is 0 Å². The van der Waals surface area contributed by atoms with Crippen molar-refractivity contribution in [3.63, 3.8) is 0 Å². The van der Waals surface area contributed by atoms with E-state index in [1.165, 1.54) is 11.1 Å². The molecule has 0 radical (unpaired) electrons. The highest BCUT2D eigenvalue weighted by Crippen LogP contribution is 2.42. The lowest BCUT2D eigenvalue weighted by atomic mass is 10.1. The van der Waals surface area contributed by atoms with Gasteiger partial charge in [-0.1, -0.05) is 45.7 Å². The van der Waals surface area contributed by atoms with E-state index in [-0.39, 0.29) is 6.10 Å². The molecule has 0 heterocycles. The highest BCUT2D eigenvalue weighted by molar-refractivity contribution is 9.10. The normalized spacial score (nSPS) is 20.3. The van der Waals surface area contributed by atoms with Gasteiger partial charge in [0.1, 0.15) is 11.9 Å². The standard InChI is InChI=1S/C18H19BrClNO/c1-11-6-4-5-7-17(11)22-18-14-8-12(20)9-15(19)13(14)10-16(18)21(2)3/h4-9,16,18H,10H2,1-3H3/t16-,18-/m0/s1. The van der Waals surface area contributed by atoms with Crippen LogP contribution in [0.25, 0.3) is 0 Å². The average Bonchev–Trinajstić information content (AvgIpc) is 2.81. The van der Waals surface area contributed by atoms with Crippen LogP contribution in [-0.4, -0.2) is 25.0 Å². The van der Waals surface area contributed by atoms with Gasteiger partial charge < -0.3 is 9.64 Å².